The van der Waals surface area contributed by atoms with Gasteiger partial charge < -0.3 is 14.8 Å². The Bertz CT molecular complexity index is 187. The highest BCUT2D eigenvalue weighted by atomic mass is 16.5. The first-order valence-corrected chi connectivity index (χ1v) is 7.08. The van der Waals surface area contributed by atoms with E-state index in [2.05, 4.69) is 33.0 Å². The van der Waals surface area contributed by atoms with Crippen LogP contribution in [0, 0.1) is 0 Å². The second-order valence-electron chi connectivity index (χ2n) is 5.51. The van der Waals surface area contributed by atoms with Crippen molar-refractivity contribution in [3.05, 3.63) is 0 Å². The van der Waals surface area contributed by atoms with E-state index in [-0.39, 0.29) is 0 Å². The summed E-state index contributed by atoms with van der Waals surface area (Å²) in [7, 11) is 0. The fourth-order valence-corrected chi connectivity index (χ4v) is 2.42. The molecule has 0 bridgehead atoms. The van der Waals surface area contributed by atoms with Gasteiger partial charge in [-0.25, -0.2) is 0 Å². The summed E-state index contributed by atoms with van der Waals surface area (Å²) in [5, 5.41) is 3.63. The Morgan fingerprint density at radius 3 is 2.41 bits per heavy atom. The Hall–Kier alpha value is -0.120. The van der Waals surface area contributed by atoms with Crippen LogP contribution in [0.2, 0.25) is 0 Å². The van der Waals surface area contributed by atoms with Gasteiger partial charge in [-0.15, -0.1) is 0 Å². The maximum absolute atomic E-state index is 5.73. The number of ether oxygens (including phenoxy) is 2. The quantitative estimate of drug-likeness (QED) is 0.697. The van der Waals surface area contributed by atoms with E-state index in [9.17, 15) is 0 Å². The summed E-state index contributed by atoms with van der Waals surface area (Å²) in [5.41, 5.74) is 0. The Balaban J connectivity index is 1.98. The van der Waals surface area contributed by atoms with E-state index in [0.717, 1.165) is 32.4 Å². The van der Waals surface area contributed by atoms with Crippen molar-refractivity contribution < 1.29 is 9.47 Å². The van der Waals surface area contributed by atoms with Crippen LogP contribution >= 0.6 is 0 Å². The maximum Gasteiger partial charge on any atom is 0.0565 e. The fraction of sp³-hybridized carbons (Fsp3) is 1.00. The fourth-order valence-electron chi connectivity index (χ4n) is 2.42. The molecule has 1 fully saturated rings. The van der Waals surface area contributed by atoms with Crippen LogP contribution in [0.25, 0.3) is 0 Å². The molecule has 1 heterocycles. The molecule has 1 aliphatic heterocycles. The molecular weight excluding hydrogens is 214 g/mol. The summed E-state index contributed by atoms with van der Waals surface area (Å²) in [5.74, 6) is 0. The van der Waals surface area contributed by atoms with Crippen LogP contribution in [0.3, 0.4) is 0 Å². The third-order valence-corrected chi connectivity index (χ3v) is 3.15. The van der Waals surface area contributed by atoms with Gasteiger partial charge in [-0.1, -0.05) is 0 Å². The molecule has 0 aromatic carbocycles. The highest BCUT2D eigenvalue weighted by molar-refractivity contribution is 4.78. The lowest BCUT2D eigenvalue weighted by Gasteiger charge is -2.32. The van der Waals surface area contributed by atoms with Crippen molar-refractivity contribution in [2.45, 2.75) is 77.7 Å². The van der Waals surface area contributed by atoms with E-state index in [0.29, 0.717) is 24.4 Å². The van der Waals surface area contributed by atoms with Gasteiger partial charge in [-0.2, -0.15) is 0 Å². The van der Waals surface area contributed by atoms with Gasteiger partial charge in [0.2, 0.25) is 0 Å². The standard InChI is InChI=1S/C14H29NO2/c1-11(2)16-8-6-5-7-15-14-9-12(3)17-13(4)10-14/h11-15H,5-10H2,1-4H3. The largest absolute Gasteiger partial charge is 0.379 e. The molecule has 0 aromatic heterocycles. The van der Waals surface area contributed by atoms with Crippen molar-refractivity contribution >= 4 is 0 Å². The summed E-state index contributed by atoms with van der Waals surface area (Å²) in [6, 6.07) is 0.639. The first-order chi connectivity index (χ1) is 8.08. The Labute approximate surface area is 106 Å². The Kier molecular flexibility index (Phi) is 7.09. The lowest BCUT2D eigenvalue weighted by molar-refractivity contribution is -0.0420. The molecule has 1 rings (SSSR count). The smallest absolute Gasteiger partial charge is 0.0565 e. The van der Waals surface area contributed by atoms with E-state index < -0.39 is 0 Å². The number of nitrogens with one attached hydrogen (secondary N) is 1. The first kappa shape index (κ1) is 14.9. The lowest BCUT2D eigenvalue weighted by atomic mass is 10.00. The van der Waals surface area contributed by atoms with Gasteiger partial charge in [-0.05, 0) is 59.9 Å². The number of rotatable bonds is 7. The summed E-state index contributed by atoms with van der Waals surface area (Å²) in [6.45, 7) is 10.5. The molecule has 0 aliphatic carbocycles. The van der Waals surface area contributed by atoms with Crippen LogP contribution in [0.5, 0.6) is 0 Å². The SMILES string of the molecule is CC(C)OCCCCNC1CC(C)OC(C)C1. The average molecular weight is 243 g/mol. The van der Waals surface area contributed by atoms with Gasteiger partial charge >= 0.3 is 0 Å². The van der Waals surface area contributed by atoms with E-state index in [1.165, 1.54) is 6.42 Å². The summed E-state index contributed by atoms with van der Waals surface area (Å²) in [6.07, 6.45) is 5.81. The molecule has 1 saturated heterocycles. The second kappa shape index (κ2) is 8.06. The van der Waals surface area contributed by atoms with Crippen LogP contribution in [0.4, 0.5) is 0 Å². The topological polar surface area (TPSA) is 30.5 Å². The van der Waals surface area contributed by atoms with Gasteiger partial charge in [0.05, 0.1) is 18.3 Å². The van der Waals surface area contributed by atoms with Gasteiger partial charge in [0, 0.05) is 12.6 Å². The summed E-state index contributed by atoms with van der Waals surface area (Å²) < 4.78 is 11.2. The van der Waals surface area contributed by atoms with Crippen molar-refractivity contribution in [3.63, 3.8) is 0 Å². The van der Waals surface area contributed by atoms with E-state index >= 15 is 0 Å². The van der Waals surface area contributed by atoms with Crippen molar-refractivity contribution in [2.75, 3.05) is 13.2 Å². The highest BCUT2D eigenvalue weighted by Gasteiger charge is 2.23. The molecule has 0 aromatic rings. The molecule has 3 nitrogen and oxygen atoms in total. The predicted octanol–water partition coefficient (Wildman–Crippen LogP) is 2.74. The average Bonchev–Trinajstić information content (AvgIpc) is 2.21. The highest BCUT2D eigenvalue weighted by Crippen LogP contribution is 2.18. The molecule has 1 aliphatic rings. The van der Waals surface area contributed by atoms with Gasteiger partial charge in [0.25, 0.3) is 0 Å². The molecule has 0 radical (unpaired) electrons. The van der Waals surface area contributed by atoms with E-state index in [1.54, 1.807) is 0 Å². The van der Waals surface area contributed by atoms with E-state index in [1.807, 2.05) is 0 Å². The number of unbranched alkanes of at least 4 members (excludes halogenated alkanes) is 1. The minimum absolute atomic E-state index is 0.361. The third kappa shape index (κ3) is 7.02. The zero-order valence-corrected chi connectivity index (χ0v) is 11.9. The molecule has 1 N–H and O–H groups in total. The van der Waals surface area contributed by atoms with Crippen LogP contribution in [0.1, 0.15) is 53.4 Å². The van der Waals surface area contributed by atoms with Gasteiger partial charge in [0.1, 0.15) is 0 Å². The molecular formula is C14H29NO2. The predicted molar refractivity (Wildman–Crippen MR) is 71.4 cm³/mol. The van der Waals surface area contributed by atoms with E-state index in [4.69, 9.17) is 9.47 Å². The molecule has 0 amide bonds. The maximum atomic E-state index is 5.73. The van der Waals surface area contributed by atoms with Crippen LogP contribution in [-0.4, -0.2) is 37.5 Å². The molecule has 3 heteroatoms. The Morgan fingerprint density at radius 2 is 1.82 bits per heavy atom. The molecule has 102 valence electrons. The van der Waals surface area contributed by atoms with Crippen LogP contribution < -0.4 is 5.32 Å². The molecule has 2 atom stereocenters. The summed E-state index contributed by atoms with van der Waals surface area (Å²) in [4.78, 5) is 0. The molecule has 17 heavy (non-hydrogen) atoms. The Morgan fingerprint density at radius 1 is 1.18 bits per heavy atom. The van der Waals surface area contributed by atoms with Gasteiger partial charge in [-0.3, -0.25) is 0 Å². The van der Waals surface area contributed by atoms with Crippen molar-refractivity contribution in [1.29, 1.82) is 0 Å². The first-order valence-electron chi connectivity index (χ1n) is 7.08. The minimum Gasteiger partial charge on any atom is -0.379 e. The van der Waals surface area contributed by atoms with Crippen molar-refractivity contribution in [3.8, 4) is 0 Å². The van der Waals surface area contributed by atoms with Crippen molar-refractivity contribution in [2.24, 2.45) is 0 Å². The van der Waals surface area contributed by atoms with Crippen molar-refractivity contribution in [1.82, 2.24) is 5.32 Å². The number of hydrogen-bond donors (Lipinski definition) is 1. The number of hydrogen-bond acceptors (Lipinski definition) is 3. The second-order valence-corrected chi connectivity index (χ2v) is 5.51. The minimum atomic E-state index is 0.361. The monoisotopic (exact) mass is 243 g/mol. The van der Waals surface area contributed by atoms with Crippen LogP contribution in [-0.2, 0) is 9.47 Å². The molecule has 0 saturated carbocycles. The third-order valence-electron chi connectivity index (χ3n) is 3.15. The zero-order chi connectivity index (χ0) is 12.7. The van der Waals surface area contributed by atoms with Crippen LogP contribution in [0.15, 0.2) is 0 Å². The zero-order valence-electron chi connectivity index (χ0n) is 11.9. The lowest BCUT2D eigenvalue weighted by Crippen LogP contribution is -2.41. The molecule has 2 unspecified atom stereocenters. The summed E-state index contributed by atoms with van der Waals surface area (Å²) >= 11 is 0. The molecule has 0 spiro atoms. The normalized spacial score (nSPS) is 29.8. The van der Waals surface area contributed by atoms with Gasteiger partial charge in [0.15, 0.2) is 0 Å².